The predicted molar refractivity (Wildman–Crippen MR) is 60.9 cm³/mol. The minimum absolute atomic E-state index is 0.0139. The first-order valence-electron chi connectivity index (χ1n) is 4.82. The number of hydrogen-bond donors (Lipinski definition) is 1. The van der Waals surface area contributed by atoms with E-state index in [0.717, 1.165) is 5.56 Å². The van der Waals surface area contributed by atoms with E-state index in [2.05, 4.69) is 12.6 Å². The second-order valence-electron chi connectivity index (χ2n) is 3.85. The highest BCUT2D eigenvalue weighted by molar-refractivity contribution is 7.81. The van der Waals surface area contributed by atoms with Gasteiger partial charge in [0.1, 0.15) is 5.82 Å². The second kappa shape index (κ2) is 3.85. The summed E-state index contributed by atoms with van der Waals surface area (Å²) in [6, 6.07) is 4.64. The Bertz CT molecular complexity index is 387. The van der Waals surface area contributed by atoms with E-state index < -0.39 is 0 Å². The molecular formula is C11H12FNOS. The SMILES string of the molecule is Cc1cc(F)cc(N2CC(S)CC2=O)c1. The maximum Gasteiger partial charge on any atom is 0.228 e. The molecule has 0 N–H and O–H groups in total. The van der Waals surface area contributed by atoms with Gasteiger partial charge in [0.2, 0.25) is 5.91 Å². The van der Waals surface area contributed by atoms with Crippen LogP contribution in [0.15, 0.2) is 18.2 Å². The molecule has 2 rings (SSSR count). The van der Waals surface area contributed by atoms with Crippen LogP contribution in [-0.4, -0.2) is 17.7 Å². The number of anilines is 1. The largest absolute Gasteiger partial charge is 0.311 e. The minimum atomic E-state index is -0.305. The van der Waals surface area contributed by atoms with Gasteiger partial charge in [-0.2, -0.15) is 12.6 Å². The van der Waals surface area contributed by atoms with E-state index in [-0.39, 0.29) is 17.0 Å². The van der Waals surface area contributed by atoms with Crippen LogP contribution >= 0.6 is 12.6 Å². The number of rotatable bonds is 1. The molecule has 2 nitrogen and oxygen atoms in total. The highest BCUT2D eigenvalue weighted by Crippen LogP contribution is 2.25. The molecule has 0 aliphatic carbocycles. The van der Waals surface area contributed by atoms with Gasteiger partial charge in [-0.05, 0) is 30.7 Å². The molecule has 0 saturated carbocycles. The molecule has 1 fully saturated rings. The van der Waals surface area contributed by atoms with Gasteiger partial charge in [0.05, 0.1) is 0 Å². The van der Waals surface area contributed by atoms with Crippen molar-refractivity contribution in [1.82, 2.24) is 0 Å². The summed E-state index contributed by atoms with van der Waals surface area (Å²) in [4.78, 5) is 13.2. The second-order valence-corrected chi connectivity index (χ2v) is 4.58. The van der Waals surface area contributed by atoms with Crippen molar-refractivity contribution in [3.8, 4) is 0 Å². The van der Waals surface area contributed by atoms with Crippen LogP contribution in [0, 0.1) is 12.7 Å². The van der Waals surface area contributed by atoms with Crippen molar-refractivity contribution in [2.75, 3.05) is 11.4 Å². The summed E-state index contributed by atoms with van der Waals surface area (Å²) in [6.07, 6.45) is 0.429. The number of benzene rings is 1. The van der Waals surface area contributed by atoms with Crippen LogP contribution in [0.3, 0.4) is 0 Å². The van der Waals surface area contributed by atoms with Gasteiger partial charge < -0.3 is 4.90 Å². The van der Waals surface area contributed by atoms with Gasteiger partial charge in [0, 0.05) is 23.9 Å². The molecular weight excluding hydrogens is 213 g/mol. The summed E-state index contributed by atoms with van der Waals surface area (Å²) in [5, 5.41) is 0.0565. The molecule has 1 aromatic rings. The fraction of sp³-hybridized carbons (Fsp3) is 0.364. The molecule has 1 unspecified atom stereocenters. The lowest BCUT2D eigenvalue weighted by Crippen LogP contribution is -2.24. The fourth-order valence-electron chi connectivity index (χ4n) is 1.81. The average molecular weight is 225 g/mol. The van der Waals surface area contributed by atoms with Gasteiger partial charge in [0.15, 0.2) is 0 Å². The predicted octanol–water partition coefficient (Wildman–Crippen LogP) is 2.17. The molecule has 0 aromatic heterocycles. The third kappa shape index (κ3) is 2.15. The molecule has 1 aliphatic rings. The fourth-order valence-corrected chi connectivity index (χ4v) is 2.13. The molecule has 80 valence electrons. The van der Waals surface area contributed by atoms with E-state index in [0.29, 0.717) is 18.7 Å². The molecule has 0 bridgehead atoms. The minimum Gasteiger partial charge on any atom is -0.311 e. The number of hydrogen-bond acceptors (Lipinski definition) is 2. The summed E-state index contributed by atoms with van der Waals surface area (Å²) in [6.45, 7) is 2.37. The lowest BCUT2D eigenvalue weighted by atomic mass is 10.2. The summed E-state index contributed by atoms with van der Waals surface area (Å²) in [7, 11) is 0. The smallest absolute Gasteiger partial charge is 0.228 e. The van der Waals surface area contributed by atoms with Crippen LogP contribution < -0.4 is 4.90 Å². The van der Waals surface area contributed by atoms with E-state index in [1.807, 2.05) is 13.0 Å². The molecule has 0 spiro atoms. The Morgan fingerprint density at radius 1 is 1.47 bits per heavy atom. The Hall–Kier alpha value is -1.03. The summed E-state index contributed by atoms with van der Waals surface area (Å²) in [5.74, 6) is -0.291. The first-order valence-corrected chi connectivity index (χ1v) is 5.33. The van der Waals surface area contributed by atoms with Crippen molar-refractivity contribution in [2.24, 2.45) is 0 Å². The van der Waals surface area contributed by atoms with Gasteiger partial charge in [-0.1, -0.05) is 0 Å². The van der Waals surface area contributed by atoms with Crippen LogP contribution in [0.1, 0.15) is 12.0 Å². The monoisotopic (exact) mass is 225 g/mol. The van der Waals surface area contributed by atoms with E-state index in [1.165, 1.54) is 12.1 Å². The lowest BCUT2D eigenvalue weighted by Gasteiger charge is -2.16. The van der Waals surface area contributed by atoms with Crippen molar-refractivity contribution in [1.29, 1.82) is 0 Å². The van der Waals surface area contributed by atoms with E-state index in [9.17, 15) is 9.18 Å². The summed E-state index contributed by atoms with van der Waals surface area (Å²) >= 11 is 4.26. The van der Waals surface area contributed by atoms with Crippen molar-refractivity contribution in [2.45, 2.75) is 18.6 Å². The van der Waals surface area contributed by atoms with Gasteiger partial charge in [-0.25, -0.2) is 4.39 Å². The summed E-state index contributed by atoms with van der Waals surface area (Å²) < 4.78 is 13.1. The number of thiol groups is 1. The van der Waals surface area contributed by atoms with Crippen molar-refractivity contribution < 1.29 is 9.18 Å². The zero-order chi connectivity index (χ0) is 11.0. The zero-order valence-electron chi connectivity index (χ0n) is 8.40. The van der Waals surface area contributed by atoms with E-state index in [1.54, 1.807) is 4.90 Å². The molecule has 1 aliphatic heterocycles. The van der Waals surface area contributed by atoms with Crippen LogP contribution in [0.4, 0.5) is 10.1 Å². The Balaban J connectivity index is 2.33. The maximum atomic E-state index is 13.1. The van der Waals surface area contributed by atoms with Crippen molar-refractivity contribution in [3.63, 3.8) is 0 Å². The van der Waals surface area contributed by atoms with Gasteiger partial charge in [0.25, 0.3) is 0 Å². The third-order valence-corrected chi connectivity index (χ3v) is 2.79. The number of nitrogens with zero attached hydrogens (tertiary/aromatic N) is 1. The first-order chi connectivity index (χ1) is 7.06. The number of carbonyl (C=O) groups is 1. The van der Waals surface area contributed by atoms with Gasteiger partial charge in [-0.15, -0.1) is 0 Å². The van der Waals surface area contributed by atoms with Crippen LogP contribution in [0.25, 0.3) is 0 Å². The molecule has 4 heteroatoms. The van der Waals surface area contributed by atoms with Gasteiger partial charge >= 0.3 is 0 Å². The maximum absolute atomic E-state index is 13.1. The standard InChI is InChI=1S/C11H12FNOS/c1-7-2-8(12)4-9(3-7)13-6-10(15)5-11(13)14/h2-4,10,15H,5-6H2,1H3. The van der Waals surface area contributed by atoms with Crippen LogP contribution in [-0.2, 0) is 4.79 Å². The average Bonchev–Trinajstić information content (AvgIpc) is 2.43. The quantitative estimate of drug-likeness (QED) is 0.726. The van der Waals surface area contributed by atoms with Crippen LogP contribution in [0.5, 0.6) is 0 Å². The topological polar surface area (TPSA) is 20.3 Å². The first kappa shape index (κ1) is 10.5. The molecule has 1 aromatic carbocycles. The Kier molecular flexibility index (Phi) is 2.69. The highest BCUT2D eigenvalue weighted by atomic mass is 32.1. The normalized spacial score (nSPS) is 21.1. The third-order valence-electron chi connectivity index (χ3n) is 2.44. The lowest BCUT2D eigenvalue weighted by molar-refractivity contribution is -0.117. The number of aryl methyl sites for hydroxylation is 1. The zero-order valence-corrected chi connectivity index (χ0v) is 9.30. The number of halogens is 1. The molecule has 1 amide bonds. The van der Waals surface area contributed by atoms with Crippen molar-refractivity contribution >= 4 is 24.2 Å². The Morgan fingerprint density at radius 3 is 2.73 bits per heavy atom. The van der Waals surface area contributed by atoms with Crippen molar-refractivity contribution in [3.05, 3.63) is 29.6 Å². The van der Waals surface area contributed by atoms with Crippen LogP contribution in [0.2, 0.25) is 0 Å². The number of carbonyl (C=O) groups excluding carboxylic acids is 1. The Labute approximate surface area is 93.5 Å². The number of amides is 1. The van der Waals surface area contributed by atoms with E-state index in [4.69, 9.17) is 0 Å². The highest BCUT2D eigenvalue weighted by Gasteiger charge is 2.28. The Morgan fingerprint density at radius 2 is 2.20 bits per heavy atom. The molecule has 1 saturated heterocycles. The molecule has 1 heterocycles. The molecule has 0 radical (unpaired) electrons. The molecule has 1 atom stereocenters. The molecule has 15 heavy (non-hydrogen) atoms. The summed E-state index contributed by atoms with van der Waals surface area (Å²) in [5.41, 5.74) is 1.45. The van der Waals surface area contributed by atoms with Gasteiger partial charge in [-0.3, -0.25) is 4.79 Å². The van der Waals surface area contributed by atoms with E-state index >= 15 is 0 Å².